The van der Waals surface area contributed by atoms with Crippen LogP contribution in [-0.2, 0) is 16.0 Å². The fourth-order valence-corrected chi connectivity index (χ4v) is 1.77. The molecule has 0 radical (unpaired) electrons. The molecule has 0 unspecified atom stereocenters. The van der Waals surface area contributed by atoms with Gasteiger partial charge >= 0.3 is 5.97 Å². The van der Waals surface area contributed by atoms with Crippen LogP contribution in [0, 0.1) is 12.3 Å². The number of carbonyl (C=O) groups is 1. The number of nitrogens with one attached hydrogen (secondary N) is 1. The molecule has 0 atom stereocenters. The zero-order valence-electron chi connectivity index (χ0n) is 11.4. The monoisotopic (exact) mass is 279 g/mol. The lowest BCUT2D eigenvalue weighted by molar-refractivity contribution is -0.142. The van der Waals surface area contributed by atoms with Crippen molar-refractivity contribution in [2.75, 3.05) is 11.9 Å². The number of hydrogen-bond donors (Lipinski definition) is 1. The molecule has 1 aromatic carbocycles. The molecule has 3 nitrogen and oxygen atoms in total. The molecular formula is C15H18ClNO2. The van der Waals surface area contributed by atoms with Gasteiger partial charge in [0.15, 0.2) is 0 Å². The smallest absolute Gasteiger partial charge is 0.310 e. The highest BCUT2D eigenvalue weighted by Gasteiger charge is 2.15. The summed E-state index contributed by atoms with van der Waals surface area (Å²) in [7, 11) is 0. The molecule has 0 heterocycles. The molecule has 0 spiro atoms. The van der Waals surface area contributed by atoms with E-state index in [2.05, 4.69) is 11.2 Å². The molecule has 0 aliphatic carbocycles. The molecule has 0 aliphatic rings. The summed E-state index contributed by atoms with van der Waals surface area (Å²) in [4.78, 5) is 11.4. The Bertz CT molecular complexity index is 503. The Hall–Kier alpha value is -1.66. The van der Waals surface area contributed by atoms with Crippen LogP contribution >= 0.6 is 11.6 Å². The Kier molecular flexibility index (Phi) is 5.26. The van der Waals surface area contributed by atoms with Gasteiger partial charge in [-0.3, -0.25) is 4.79 Å². The number of ether oxygens (including phenoxy) is 1. The number of rotatable bonds is 5. The number of terminal acetylenes is 1. The van der Waals surface area contributed by atoms with Gasteiger partial charge in [0.25, 0.3) is 0 Å². The first-order chi connectivity index (χ1) is 8.88. The Balaban J connectivity index is 2.81. The normalized spacial score (nSPS) is 10.7. The van der Waals surface area contributed by atoms with E-state index < -0.39 is 5.54 Å². The van der Waals surface area contributed by atoms with E-state index in [1.165, 1.54) is 0 Å². The topological polar surface area (TPSA) is 38.3 Å². The molecule has 0 amide bonds. The standard InChI is InChI=1S/C15H18ClNO2/c1-5-15(3,4)17-13-8-7-11(9-12(13)16)10-14(18)19-6-2/h1,7-9,17H,6,10H2,2-4H3. The quantitative estimate of drug-likeness (QED) is 0.664. The molecule has 0 aromatic heterocycles. The van der Waals surface area contributed by atoms with Gasteiger partial charge in [-0.15, -0.1) is 6.42 Å². The summed E-state index contributed by atoms with van der Waals surface area (Å²) in [6.07, 6.45) is 5.63. The molecule has 0 aliphatic heterocycles. The first kappa shape index (κ1) is 15.4. The maximum Gasteiger partial charge on any atom is 0.310 e. The molecule has 0 saturated heterocycles. The Labute approximate surface area is 119 Å². The number of anilines is 1. The van der Waals surface area contributed by atoms with Crippen LogP contribution < -0.4 is 5.32 Å². The van der Waals surface area contributed by atoms with Crippen molar-refractivity contribution in [3.63, 3.8) is 0 Å². The Morgan fingerprint density at radius 3 is 2.74 bits per heavy atom. The van der Waals surface area contributed by atoms with Gasteiger partial charge in [-0.05, 0) is 38.5 Å². The molecule has 102 valence electrons. The van der Waals surface area contributed by atoms with Crippen molar-refractivity contribution in [2.24, 2.45) is 0 Å². The van der Waals surface area contributed by atoms with Crippen molar-refractivity contribution in [1.82, 2.24) is 0 Å². The predicted molar refractivity (Wildman–Crippen MR) is 78.3 cm³/mol. The summed E-state index contributed by atoms with van der Waals surface area (Å²) in [5, 5.41) is 3.69. The van der Waals surface area contributed by atoms with Gasteiger partial charge in [-0.1, -0.05) is 23.6 Å². The van der Waals surface area contributed by atoms with Crippen LogP contribution in [0.4, 0.5) is 5.69 Å². The SMILES string of the molecule is C#CC(C)(C)Nc1ccc(CC(=O)OCC)cc1Cl. The fourth-order valence-electron chi connectivity index (χ4n) is 1.52. The van der Waals surface area contributed by atoms with Crippen molar-refractivity contribution in [3.8, 4) is 12.3 Å². The molecule has 19 heavy (non-hydrogen) atoms. The highest BCUT2D eigenvalue weighted by molar-refractivity contribution is 6.33. The van der Waals surface area contributed by atoms with Crippen LogP contribution in [0.15, 0.2) is 18.2 Å². The van der Waals surface area contributed by atoms with E-state index in [-0.39, 0.29) is 12.4 Å². The van der Waals surface area contributed by atoms with Crippen LogP contribution in [0.25, 0.3) is 0 Å². The van der Waals surface area contributed by atoms with E-state index in [4.69, 9.17) is 22.8 Å². The number of carbonyl (C=O) groups excluding carboxylic acids is 1. The van der Waals surface area contributed by atoms with Gasteiger partial charge in [0.1, 0.15) is 0 Å². The van der Waals surface area contributed by atoms with Crippen LogP contribution in [0.1, 0.15) is 26.3 Å². The first-order valence-corrected chi connectivity index (χ1v) is 6.45. The first-order valence-electron chi connectivity index (χ1n) is 6.08. The van der Waals surface area contributed by atoms with E-state index in [1.54, 1.807) is 13.0 Å². The Morgan fingerprint density at radius 1 is 1.53 bits per heavy atom. The van der Waals surface area contributed by atoms with Gasteiger partial charge in [0.05, 0.1) is 29.3 Å². The highest BCUT2D eigenvalue weighted by atomic mass is 35.5. The molecule has 0 saturated carbocycles. The van der Waals surface area contributed by atoms with Crippen LogP contribution in [0.5, 0.6) is 0 Å². The molecule has 1 rings (SSSR count). The minimum Gasteiger partial charge on any atom is -0.466 e. The zero-order chi connectivity index (χ0) is 14.5. The lowest BCUT2D eigenvalue weighted by Gasteiger charge is -2.22. The number of halogens is 1. The largest absolute Gasteiger partial charge is 0.466 e. The van der Waals surface area contributed by atoms with Crippen LogP contribution in [-0.4, -0.2) is 18.1 Å². The molecule has 0 bridgehead atoms. The Morgan fingerprint density at radius 2 is 2.21 bits per heavy atom. The second-order valence-electron chi connectivity index (χ2n) is 4.69. The predicted octanol–water partition coefficient (Wildman–Crippen LogP) is 3.27. The van der Waals surface area contributed by atoms with Crippen molar-refractivity contribution in [2.45, 2.75) is 32.7 Å². The van der Waals surface area contributed by atoms with Crippen LogP contribution in [0.3, 0.4) is 0 Å². The van der Waals surface area contributed by atoms with Gasteiger partial charge in [-0.2, -0.15) is 0 Å². The minimum absolute atomic E-state index is 0.215. The summed E-state index contributed by atoms with van der Waals surface area (Å²) in [5.41, 5.74) is 1.08. The maximum atomic E-state index is 11.4. The molecule has 0 fully saturated rings. The lowest BCUT2D eigenvalue weighted by Crippen LogP contribution is -2.28. The second-order valence-corrected chi connectivity index (χ2v) is 5.10. The van der Waals surface area contributed by atoms with Crippen molar-refractivity contribution in [1.29, 1.82) is 0 Å². The van der Waals surface area contributed by atoms with Gasteiger partial charge in [-0.25, -0.2) is 0 Å². The molecule has 1 aromatic rings. The summed E-state index contributed by atoms with van der Waals surface area (Å²) >= 11 is 6.17. The number of hydrogen-bond acceptors (Lipinski definition) is 3. The van der Waals surface area contributed by atoms with E-state index in [1.807, 2.05) is 26.0 Å². The summed E-state index contributed by atoms with van der Waals surface area (Å²) in [5.74, 6) is 2.38. The number of esters is 1. The molecular weight excluding hydrogens is 262 g/mol. The minimum atomic E-state index is -0.480. The third kappa shape index (κ3) is 4.84. The van der Waals surface area contributed by atoms with E-state index in [0.29, 0.717) is 11.6 Å². The van der Waals surface area contributed by atoms with E-state index >= 15 is 0 Å². The van der Waals surface area contributed by atoms with Crippen molar-refractivity contribution in [3.05, 3.63) is 28.8 Å². The fraction of sp³-hybridized carbons (Fsp3) is 0.400. The lowest BCUT2D eigenvalue weighted by atomic mass is 10.1. The maximum absolute atomic E-state index is 11.4. The van der Waals surface area contributed by atoms with Gasteiger partial charge in [0, 0.05) is 0 Å². The van der Waals surface area contributed by atoms with Crippen molar-refractivity contribution < 1.29 is 9.53 Å². The summed E-state index contributed by atoms with van der Waals surface area (Å²) in [6.45, 7) is 5.92. The molecule has 4 heteroatoms. The van der Waals surface area contributed by atoms with Crippen molar-refractivity contribution >= 4 is 23.3 Å². The van der Waals surface area contributed by atoms with Gasteiger partial charge < -0.3 is 10.1 Å². The number of benzene rings is 1. The average molecular weight is 280 g/mol. The summed E-state index contributed by atoms with van der Waals surface area (Å²) < 4.78 is 4.89. The molecule has 1 N–H and O–H groups in total. The third-order valence-electron chi connectivity index (χ3n) is 2.50. The van der Waals surface area contributed by atoms with E-state index in [0.717, 1.165) is 11.3 Å². The highest BCUT2D eigenvalue weighted by Crippen LogP contribution is 2.26. The average Bonchev–Trinajstić information content (AvgIpc) is 2.33. The van der Waals surface area contributed by atoms with Crippen LogP contribution in [0.2, 0.25) is 5.02 Å². The van der Waals surface area contributed by atoms with E-state index in [9.17, 15) is 4.79 Å². The third-order valence-corrected chi connectivity index (χ3v) is 2.81. The van der Waals surface area contributed by atoms with Gasteiger partial charge in [0.2, 0.25) is 0 Å². The summed E-state index contributed by atoms with van der Waals surface area (Å²) in [6, 6.07) is 5.39. The zero-order valence-corrected chi connectivity index (χ0v) is 12.2. The second kappa shape index (κ2) is 6.49.